The predicted octanol–water partition coefficient (Wildman–Crippen LogP) is 9.14. The van der Waals surface area contributed by atoms with Crippen LogP contribution >= 0.6 is 22.9 Å². The molecule has 1 aliphatic heterocycles. The minimum absolute atomic E-state index is 0.0734. The number of halogens is 1. The molecule has 2 aromatic heterocycles. The van der Waals surface area contributed by atoms with Gasteiger partial charge >= 0.3 is 12.1 Å². The van der Waals surface area contributed by atoms with Crippen molar-refractivity contribution in [1.29, 1.82) is 0 Å². The van der Waals surface area contributed by atoms with Crippen molar-refractivity contribution in [2.45, 2.75) is 78.1 Å². The molecule has 6 rings (SSSR count). The molecule has 3 heterocycles. The fourth-order valence-corrected chi connectivity index (χ4v) is 7.61. The van der Waals surface area contributed by atoms with Crippen LogP contribution in [-0.2, 0) is 21.3 Å². The molecule has 0 radical (unpaired) electrons. The largest absolute Gasteiger partial charge is 0.479 e. The fraction of sp³-hybridized carbons (Fsp3) is 0.405. The highest BCUT2D eigenvalue weighted by molar-refractivity contribution is 7.22. The number of carboxylic acids is 1. The summed E-state index contributed by atoms with van der Waals surface area (Å²) in [6, 6.07) is 15.6. The molecule has 2 unspecified atom stereocenters. The molecule has 1 N–H and O–H groups in total. The van der Waals surface area contributed by atoms with Gasteiger partial charge in [-0.25, -0.2) is 14.6 Å². The van der Waals surface area contributed by atoms with Gasteiger partial charge in [0.05, 0.1) is 27.0 Å². The third kappa shape index (κ3) is 6.79. The monoisotopic (exact) mass is 688 g/mol. The predicted molar refractivity (Wildman–Crippen MR) is 191 cm³/mol. The van der Waals surface area contributed by atoms with E-state index < -0.39 is 23.3 Å². The van der Waals surface area contributed by atoms with Gasteiger partial charge in [0.1, 0.15) is 10.6 Å². The molecule has 1 aliphatic rings. The Morgan fingerprint density at radius 3 is 2.35 bits per heavy atom. The lowest BCUT2D eigenvalue weighted by Crippen LogP contribution is -2.35. The SMILES string of the molecule is Cc1cc2nc(-c3ccc4c(c3)c(C3CCN(C(=O)OC(C)(C)C)C3)nn4C)sc2c(-c2ccc(Cl)cc2)c1C(OC(C)(C)C)C(=O)O. The number of aliphatic carboxylic acids is 1. The average molecular weight is 689 g/mol. The first kappa shape index (κ1) is 33.9. The molecule has 252 valence electrons. The van der Waals surface area contributed by atoms with Gasteiger partial charge in [-0.05, 0) is 102 Å². The van der Waals surface area contributed by atoms with Crippen LogP contribution in [0.1, 0.15) is 76.8 Å². The molecule has 9 nitrogen and oxygen atoms in total. The number of aromatic nitrogens is 3. The number of rotatable bonds is 6. The number of benzene rings is 3. The third-order valence-electron chi connectivity index (χ3n) is 8.37. The summed E-state index contributed by atoms with van der Waals surface area (Å²) >= 11 is 7.79. The van der Waals surface area contributed by atoms with Gasteiger partial charge in [-0.3, -0.25) is 4.68 Å². The highest BCUT2D eigenvalue weighted by Crippen LogP contribution is 2.45. The van der Waals surface area contributed by atoms with Crippen LogP contribution in [0.4, 0.5) is 4.79 Å². The number of aryl methyl sites for hydroxylation is 2. The van der Waals surface area contributed by atoms with Crippen molar-refractivity contribution in [3.8, 4) is 21.7 Å². The smallest absolute Gasteiger partial charge is 0.410 e. The summed E-state index contributed by atoms with van der Waals surface area (Å²) in [7, 11) is 1.94. The van der Waals surface area contributed by atoms with Crippen molar-refractivity contribution in [3.63, 3.8) is 0 Å². The number of fused-ring (bicyclic) bond motifs is 2. The van der Waals surface area contributed by atoms with Crippen LogP contribution in [0.5, 0.6) is 0 Å². The van der Waals surface area contributed by atoms with E-state index in [-0.39, 0.29) is 12.0 Å². The molecular weight excluding hydrogens is 648 g/mol. The second-order valence-electron chi connectivity index (χ2n) is 14.5. The second-order valence-corrected chi connectivity index (χ2v) is 15.9. The molecule has 1 fully saturated rings. The Kier molecular flexibility index (Phi) is 8.81. The van der Waals surface area contributed by atoms with E-state index in [1.54, 1.807) is 4.90 Å². The van der Waals surface area contributed by atoms with E-state index in [0.717, 1.165) is 60.5 Å². The first-order chi connectivity index (χ1) is 22.5. The Morgan fingerprint density at radius 2 is 1.71 bits per heavy atom. The topological polar surface area (TPSA) is 107 Å². The molecule has 5 aromatic rings. The number of nitrogens with zero attached hydrogens (tertiary/aromatic N) is 4. The van der Waals surface area contributed by atoms with E-state index >= 15 is 0 Å². The van der Waals surface area contributed by atoms with Crippen LogP contribution in [-0.4, -0.2) is 61.1 Å². The molecule has 0 spiro atoms. The minimum Gasteiger partial charge on any atom is -0.479 e. The van der Waals surface area contributed by atoms with Crippen LogP contribution in [0.2, 0.25) is 5.02 Å². The van der Waals surface area contributed by atoms with Crippen LogP contribution in [0.25, 0.3) is 42.8 Å². The number of carboxylic acid groups (broad SMARTS) is 1. The first-order valence-electron chi connectivity index (χ1n) is 16.0. The van der Waals surface area contributed by atoms with Gasteiger partial charge in [0.15, 0.2) is 6.10 Å². The lowest BCUT2D eigenvalue weighted by molar-refractivity contribution is -0.160. The van der Waals surface area contributed by atoms with Crippen LogP contribution in [0, 0.1) is 6.92 Å². The van der Waals surface area contributed by atoms with Gasteiger partial charge < -0.3 is 19.5 Å². The molecule has 11 heteroatoms. The molecule has 0 saturated carbocycles. The molecule has 0 bridgehead atoms. The number of hydrogen-bond acceptors (Lipinski definition) is 7. The number of thiazole rings is 1. The van der Waals surface area contributed by atoms with Crippen molar-refractivity contribution in [3.05, 3.63) is 70.4 Å². The second kappa shape index (κ2) is 12.5. The molecule has 1 amide bonds. The number of carbonyl (C=O) groups is 2. The lowest BCUT2D eigenvalue weighted by atomic mass is 9.91. The molecule has 1 saturated heterocycles. The van der Waals surface area contributed by atoms with Crippen molar-refractivity contribution < 1.29 is 24.2 Å². The summed E-state index contributed by atoms with van der Waals surface area (Å²) in [5.41, 5.74) is 5.39. The van der Waals surface area contributed by atoms with Gasteiger partial charge in [0.2, 0.25) is 0 Å². The number of carbonyl (C=O) groups excluding carboxylic acids is 1. The van der Waals surface area contributed by atoms with Gasteiger partial charge in [0, 0.05) is 53.2 Å². The number of likely N-dealkylation sites (tertiary alicyclic amines) is 1. The van der Waals surface area contributed by atoms with Crippen molar-refractivity contribution in [2.75, 3.05) is 13.1 Å². The zero-order chi connectivity index (χ0) is 34.7. The zero-order valence-electron chi connectivity index (χ0n) is 28.6. The number of ether oxygens (including phenoxy) is 2. The molecular formula is C37H41ClN4O5S. The highest BCUT2D eigenvalue weighted by atomic mass is 35.5. The summed E-state index contributed by atoms with van der Waals surface area (Å²) in [6.45, 7) is 14.2. The molecule has 48 heavy (non-hydrogen) atoms. The van der Waals surface area contributed by atoms with Gasteiger partial charge in [0.25, 0.3) is 0 Å². The van der Waals surface area contributed by atoms with Crippen LogP contribution in [0.3, 0.4) is 0 Å². The van der Waals surface area contributed by atoms with Gasteiger partial charge in [-0.15, -0.1) is 11.3 Å². The van der Waals surface area contributed by atoms with E-state index in [2.05, 4.69) is 12.1 Å². The van der Waals surface area contributed by atoms with Gasteiger partial charge in [-0.2, -0.15) is 5.10 Å². The summed E-state index contributed by atoms with van der Waals surface area (Å²) in [5.74, 6) is -0.983. The first-order valence-corrected chi connectivity index (χ1v) is 17.2. The summed E-state index contributed by atoms with van der Waals surface area (Å²) in [5, 5.41) is 17.7. The van der Waals surface area contributed by atoms with Crippen molar-refractivity contribution in [2.24, 2.45) is 7.05 Å². The van der Waals surface area contributed by atoms with E-state index in [9.17, 15) is 14.7 Å². The Hall–Kier alpha value is -3.99. The Labute approximate surface area is 289 Å². The quantitative estimate of drug-likeness (QED) is 0.190. The Bertz CT molecular complexity index is 2040. The van der Waals surface area contributed by atoms with E-state index in [1.165, 1.54) is 11.3 Å². The normalized spacial score (nSPS) is 16.2. The van der Waals surface area contributed by atoms with Gasteiger partial charge in [-0.1, -0.05) is 23.7 Å². The lowest BCUT2D eigenvalue weighted by Gasteiger charge is -2.28. The van der Waals surface area contributed by atoms with Crippen LogP contribution < -0.4 is 0 Å². The fourth-order valence-electron chi connectivity index (χ4n) is 6.37. The Balaban J connectivity index is 1.45. The highest BCUT2D eigenvalue weighted by Gasteiger charge is 2.34. The summed E-state index contributed by atoms with van der Waals surface area (Å²) in [6.07, 6.45) is -0.693. The van der Waals surface area contributed by atoms with E-state index in [0.29, 0.717) is 23.7 Å². The zero-order valence-corrected chi connectivity index (χ0v) is 30.1. The standard InChI is InChI=1S/C37H41ClN4O5S/c1-20-17-26-32(29(21-9-12-24(38)13-10-21)28(20)31(34(43)44)46-36(2,3)4)48-33(39-26)22-11-14-27-25(18-22)30(40-41(27)8)23-15-16-42(19-23)35(45)47-37(5,6)7/h9-14,17-18,23,31H,15-16,19H2,1-8H3,(H,43,44). The number of hydrogen-bond donors (Lipinski definition) is 1. The maximum atomic E-state index is 12.8. The third-order valence-corrected chi connectivity index (χ3v) is 9.76. The van der Waals surface area contributed by atoms with Crippen molar-refractivity contribution in [1.82, 2.24) is 19.7 Å². The van der Waals surface area contributed by atoms with Crippen LogP contribution in [0.15, 0.2) is 48.5 Å². The van der Waals surface area contributed by atoms with E-state index in [4.69, 9.17) is 31.2 Å². The maximum absolute atomic E-state index is 12.8. The van der Waals surface area contributed by atoms with Crippen molar-refractivity contribution >= 4 is 56.1 Å². The minimum atomic E-state index is -1.19. The number of amides is 1. The molecule has 2 atom stereocenters. The van der Waals surface area contributed by atoms with E-state index in [1.807, 2.05) is 96.6 Å². The molecule has 3 aromatic carbocycles. The summed E-state index contributed by atoms with van der Waals surface area (Å²) in [4.78, 5) is 32.4. The Morgan fingerprint density at radius 1 is 1.02 bits per heavy atom. The molecule has 0 aliphatic carbocycles. The average Bonchev–Trinajstić information content (AvgIpc) is 3.72. The summed E-state index contributed by atoms with van der Waals surface area (Å²) < 4.78 is 14.6. The maximum Gasteiger partial charge on any atom is 0.410 e.